The number of carbonyl (C=O) groups is 1. The molecule has 0 spiro atoms. The van der Waals surface area contributed by atoms with E-state index in [-0.39, 0.29) is 5.91 Å². The van der Waals surface area contributed by atoms with Crippen LogP contribution in [0.1, 0.15) is 45.4 Å². The first-order valence-corrected chi connectivity index (χ1v) is 7.16. The highest BCUT2D eigenvalue weighted by Gasteiger charge is 2.44. The monoisotopic (exact) mass is 254 g/mol. The highest BCUT2D eigenvalue weighted by molar-refractivity contribution is 5.86. The normalized spacial score (nSPS) is 32.3. The van der Waals surface area contributed by atoms with Crippen LogP contribution in [0.25, 0.3) is 0 Å². The Balaban J connectivity index is 2.02. The standard InChI is InChI=1S/C14H26N2O2/c1-11-4-3-7-14(15,10-11)13(17)16(8-9-18-2)12-5-6-12/h11-12H,3-10,15H2,1-2H3. The van der Waals surface area contributed by atoms with Gasteiger partial charge in [0.15, 0.2) is 0 Å². The third kappa shape index (κ3) is 3.04. The highest BCUT2D eigenvalue weighted by Crippen LogP contribution is 2.35. The Hall–Kier alpha value is -0.610. The SMILES string of the molecule is COCCN(C(=O)C1(N)CCCC(C)C1)C1CC1. The van der Waals surface area contributed by atoms with E-state index in [0.29, 0.717) is 25.1 Å². The number of methoxy groups -OCH3 is 1. The summed E-state index contributed by atoms with van der Waals surface area (Å²) in [5, 5.41) is 0. The van der Waals surface area contributed by atoms with Crippen molar-refractivity contribution in [2.24, 2.45) is 11.7 Å². The van der Waals surface area contributed by atoms with Gasteiger partial charge in [-0.25, -0.2) is 0 Å². The predicted molar refractivity (Wildman–Crippen MR) is 71.2 cm³/mol. The molecule has 2 unspecified atom stereocenters. The zero-order chi connectivity index (χ0) is 13.2. The van der Waals surface area contributed by atoms with Gasteiger partial charge in [0.2, 0.25) is 5.91 Å². The molecule has 2 aliphatic rings. The van der Waals surface area contributed by atoms with Crippen LogP contribution in [-0.4, -0.2) is 42.6 Å². The number of hydrogen-bond donors (Lipinski definition) is 1. The van der Waals surface area contributed by atoms with Crippen molar-refractivity contribution in [3.63, 3.8) is 0 Å². The van der Waals surface area contributed by atoms with E-state index in [4.69, 9.17) is 10.5 Å². The predicted octanol–water partition coefficient (Wildman–Crippen LogP) is 1.53. The van der Waals surface area contributed by atoms with Gasteiger partial charge >= 0.3 is 0 Å². The van der Waals surface area contributed by atoms with Gasteiger partial charge in [-0.1, -0.05) is 19.8 Å². The van der Waals surface area contributed by atoms with Crippen molar-refractivity contribution in [1.82, 2.24) is 4.90 Å². The summed E-state index contributed by atoms with van der Waals surface area (Å²) in [6, 6.07) is 0.422. The van der Waals surface area contributed by atoms with E-state index in [1.807, 2.05) is 4.90 Å². The molecule has 104 valence electrons. The number of carbonyl (C=O) groups excluding carboxylic acids is 1. The van der Waals surface area contributed by atoms with E-state index in [9.17, 15) is 4.79 Å². The number of amides is 1. The first-order chi connectivity index (χ1) is 8.57. The molecule has 0 bridgehead atoms. The lowest BCUT2D eigenvalue weighted by molar-refractivity contribution is -0.140. The summed E-state index contributed by atoms with van der Waals surface area (Å²) >= 11 is 0. The minimum absolute atomic E-state index is 0.161. The summed E-state index contributed by atoms with van der Waals surface area (Å²) < 4.78 is 5.11. The first-order valence-electron chi connectivity index (χ1n) is 7.16. The van der Waals surface area contributed by atoms with Crippen molar-refractivity contribution in [3.05, 3.63) is 0 Å². The van der Waals surface area contributed by atoms with Gasteiger partial charge in [-0.15, -0.1) is 0 Å². The highest BCUT2D eigenvalue weighted by atomic mass is 16.5. The van der Waals surface area contributed by atoms with Gasteiger partial charge in [-0.3, -0.25) is 4.79 Å². The van der Waals surface area contributed by atoms with E-state index >= 15 is 0 Å². The maximum absolute atomic E-state index is 12.7. The Kier molecular flexibility index (Phi) is 4.28. The smallest absolute Gasteiger partial charge is 0.242 e. The van der Waals surface area contributed by atoms with Crippen molar-refractivity contribution in [3.8, 4) is 0 Å². The molecular weight excluding hydrogens is 228 g/mol. The molecule has 0 heterocycles. The minimum Gasteiger partial charge on any atom is -0.383 e. The molecule has 0 aromatic carbocycles. The largest absolute Gasteiger partial charge is 0.383 e. The van der Waals surface area contributed by atoms with Crippen molar-refractivity contribution in [2.45, 2.75) is 57.0 Å². The van der Waals surface area contributed by atoms with Crippen molar-refractivity contribution in [2.75, 3.05) is 20.3 Å². The Morgan fingerprint density at radius 1 is 1.44 bits per heavy atom. The second-order valence-corrected chi connectivity index (χ2v) is 6.08. The van der Waals surface area contributed by atoms with Crippen molar-refractivity contribution in [1.29, 1.82) is 0 Å². The van der Waals surface area contributed by atoms with Gasteiger partial charge in [0, 0.05) is 19.7 Å². The van der Waals surface area contributed by atoms with Crippen molar-refractivity contribution < 1.29 is 9.53 Å². The Labute approximate surface area is 110 Å². The molecule has 2 atom stereocenters. The average Bonchev–Trinajstić information content (AvgIpc) is 3.13. The summed E-state index contributed by atoms with van der Waals surface area (Å²) in [7, 11) is 1.68. The second-order valence-electron chi connectivity index (χ2n) is 6.08. The van der Waals surface area contributed by atoms with E-state index in [1.165, 1.54) is 6.42 Å². The van der Waals surface area contributed by atoms with Crippen LogP contribution >= 0.6 is 0 Å². The molecule has 4 heteroatoms. The topological polar surface area (TPSA) is 55.6 Å². The van der Waals surface area contributed by atoms with Crippen LogP contribution in [0.5, 0.6) is 0 Å². The second kappa shape index (κ2) is 5.57. The molecule has 0 saturated heterocycles. The van der Waals surface area contributed by atoms with E-state index < -0.39 is 5.54 Å². The molecule has 0 radical (unpaired) electrons. The molecule has 2 saturated carbocycles. The lowest BCUT2D eigenvalue weighted by Crippen LogP contribution is -2.58. The molecule has 2 N–H and O–H groups in total. The Bertz CT molecular complexity index is 304. The minimum atomic E-state index is -0.617. The Morgan fingerprint density at radius 2 is 2.17 bits per heavy atom. The van der Waals surface area contributed by atoms with Gasteiger partial charge in [-0.2, -0.15) is 0 Å². The van der Waals surface area contributed by atoms with E-state index in [0.717, 1.165) is 32.1 Å². The molecule has 0 aliphatic heterocycles. The molecule has 4 nitrogen and oxygen atoms in total. The quantitative estimate of drug-likeness (QED) is 0.809. The zero-order valence-electron chi connectivity index (χ0n) is 11.7. The number of nitrogens with two attached hydrogens (primary N) is 1. The third-order valence-electron chi connectivity index (χ3n) is 4.24. The molecule has 0 aromatic rings. The molecule has 18 heavy (non-hydrogen) atoms. The number of hydrogen-bond acceptors (Lipinski definition) is 3. The van der Waals surface area contributed by atoms with Gasteiger partial charge in [0.1, 0.15) is 0 Å². The summed E-state index contributed by atoms with van der Waals surface area (Å²) in [5.41, 5.74) is 5.78. The summed E-state index contributed by atoms with van der Waals surface area (Å²) in [6.45, 7) is 3.49. The summed E-state index contributed by atoms with van der Waals surface area (Å²) in [5.74, 6) is 0.727. The van der Waals surface area contributed by atoms with E-state index in [2.05, 4.69) is 6.92 Å². The van der Waals surface area contributed by atoms with Gasteiger partial charge in [0.05, 0.1) is 12.1 Å². The molecule has 2 fully saturated rings. The number of nitrogens with zero attached hydrogens (tertiary/aromatic N) is 1. The van der Waals surface area contributed by atoms with Crippen molar-refractivity contribution >= 4 is 5.91 Å². The van der Waals surface area contributed by atoms with Crippen LogP contribution < -0.4 is 5.73 Å². The van der Waals surface area contributed by atoms with Crippen LogP contribution in [0, 0.1) is 5.92 Å². The fraction of sp³-hybridized carbons (Fsp3) is 0.929. The lowest BCUT2D eigenvalue weighted by atomic mass is 9.76. The fourth-order valence-electron chi connectivity index (χ4n) is 3.10. The lowest BCUT2D eigenvalue weighted by Gasteiger charge is -2.39. The third-order valence-corrected chi connectivity index (χ3v) is 4.24. The number of rotatable bonds is 5. The fourth-order valence-corrected chi connectivity index (χ4v) is 3.10. The van der Waals surface area contributed by atoms with E-state index in [1.54, 1.807) is 7.11 Å². The zero-order valence-corrected chi connectivity index (χ0v) is 11.7. The molecule has 2 aliphatic carbocycles. The van der Waals surface area contributed by atoms with Crippen LogP contribution in [0.4, 0.5) is 0 Å². The first kappa shape index (κ1) is 13.8. The summed E-state index contributed by atoms with van der Waals surface area (Å²) in [6.07, 6.45) is 6.20. The average molecular weight is 254 g/mol. The molecule has 1 amide bonds. The van der Waals surface area contributed by atoms with Crippen LogP contribution in [0.2, 0.25) is 0 Å². The molecule has 0 aromatic heterocycles. The van der Waals surface area contributed by atoms with Gasteiger partial charge < -0.3 is 15.4 Å². The summed E-state index contributed by atoms with van der Waals surface area (Å²) in [4.78, 5) is 14.7. The Morgan fingerprint density at radius 3 is 2.72 bits per heavy atom. The van der Waals surface area contributed by atoms with Crippen LogP contribution in [0.15, 0.2) is 0 Å². The van der Waals surface area contributed by atoms with Gasteiger partial charge in [-0.05, 0) is 31.6 Å². The molecular formula is C14H26N2O2. The number of ether oxygens (including phenoxy) is 1. The maximum Gasteiger partial charge on any atom is 0.242 e. The molecule has 2 rings (SSSR count). The van der Waals surface area contributed by atoms with Crippen LogP contribution in [0.3, 0.4) is 0 Å². The van der Waals surface area contributed by atoms with Gasteiger partial charge in [0.25, 0.3) is 0 Å². The maximum atomic E-state index is 12.7. The van der Waals surface area contributed by atoms with Crippen LogP contribution in [-0.2, 0) is 9.53 Å².